The molecule has 1 atom stereocenters. The first-order valence-corrected chi connectivity index (χ1v) is 10.8. The fraction of sp³-hybridized carbons (Fsp3) is 0.100. The highest BCUT2D eigenvalue weighted by atomic mass is 79.9. The molecule has 0 aliphatic carbocycles. The van der Waals surface area contributed by atoms with E-state index in [1.165, 1.54) is 0 Å². The number of hydrogen-bond acceptors (Lipinski definition) is 2. The first-order chi connectivity index (χ1) is 13.7. The van der Waals surface area contributed by atoms with Gasteiger partial charge in [0.05, 0.1) is 0 Å². The lowest BCUT2D eigenvalue weighted by Gasteiger charge is -2.28. The molecule has 0 saturated carbocycles. The lowest BCUT2D eigenvalue weighted by molar-refractivity contribution is 0.0936. The van der Waals surface area contributed by atoms with Gasteiger partial charge >= 0.3 is 0 Å². The summed E-state index contributed by atoms with van der Waals surface area (Å²) >= 11 is 26.9. The molecule has 0 aliphatic heterocycles. The van der Waals surface area contributed by atoms with Crippen LogP contribution in [0.1, 0.15) is 10.4 Å². The summed E-state index contributed by atoms with van der Waals surface area (Å²) in [7, 11) is 0. The largest absolute Gasteiger partial charge is 0.339 e. The molecule has 0 spiro atoms. The minimum atomic E-state index is -1.84. The normalized spacial score (nSPS) is 12.3. The van der Waals surface area contributed by atoms with Gasteiger partial charge in [-0.3, -0.25) is 4.79 Å². The number of fused-ring (bicyclic) bond motifs is 1. The Labute approximate surface area is 197 Å². The van der Waals surface area contributed by atoms with Gasteiger partial charge in [0.25, 0.3) is 5.91 Å². The van der Waals surface area contributed by atoms with Crippen molar-refractivity contribution < 1.29 is 4.79 Å². The third kappa shape index (κ3) is 5.96. The van der Waals surface area contributed by atoms with Crippen molar-refractivity contribution in [3.63, 3.8) is 0 Å². The van der Waals surface area contributed by atoms with E-state index in [0.717, 1.165) is 20.9 Å². The van der Waals surface area contributed by atoms with Gasteiger partial charge in [-0.25, -0.2) is 0 Å². The zero-order valence-electron chi connectivity index (χ0n) is 14.8. The number of carbonyl (C=O) groups is 1. The van der Waals surface area contributed by atoms with E-state index in [2.05, 4.69) is 31.9 Å². The molecule has 9 heteroatoms. The van der Waals surface area contributed by atoms with Gasteiger partial charge in [0.1, 0.15) is 6.17 Å². The van der Waals surface area contributed by atoms with Crippen molar-refractivity contribution in [2.24, 2.45) is 0 Å². The molecule has 0 unspecified atom stereocenters. The first-order valence-electron chi connectivity index (χ1n) is 8.42. The maximum absolute atomic E-state index is 12.9. The highest BCUT2D eigenvalue weighted by molar-refractivity contribution is 9.10. The summed E-state index contributed by atoms with van der Waals surface area (Å²) in [5.74, 6) is -0.392. The Kier molecular flexibility index (Phi) is 7.24. The molecule has 150 valence electrons. The zero-order chi connectivity index (χ0) is 21.0. The molecule has 0 bridgehead atoms. The molecule has 0 radical (unpaired) electrons. The Morgan fingerprint density at radius 1 is 0.931 bits per heavy atom. The van der Waals surface area contributed by atoms with E-state index in [1.54, 1.807) is 12.1 Å². The van der Waals surface area contributed by atoms with Crippen LogP contribution in [-0.4, -0.2) is 21.0 Å². The van der Waals surface area contributed by atoms with Crippen LogP contribution >= 0.6 is 63.0 Å². The third-order valence-corrected chi connectivity index (χ3v) is 5.42. The average Bonchev–Trinajstić information content (AvgIpc) is 2.68. The first kappa shape index (κ1) is 22.1. The van der Waals surface area contributed by atoms with Crippen molar-refractivity contribution in [3.8, 4) is 0 Å². The third-order valence-electron chi connectivity index (χ3n) is 4.01. The number of amides is 1. The molecule has 3 aromatic rings. The Morgan fingerprint density at radius 2 is 1.59 bits per heavy atom. The lowest BCUT2D eigenvalue weighted by Crippen LogP contribution is -2.56. The van der Waals surface area contributed by atoms with E-state index in [9.17, 15) is 4.79 Å². The number of anilines is 1. The number of carbonyl (C=O) groups excluding carboxylic acids is 1. The van der Waals surface area contributed by atoms with E-state index in [-0.39, 0.29) is 5.11 Å². The Balaban J connectivity index is 1.76. The molecule has 29 heavy (non-hydrogen) atoms. The number of alkyl halides is 3. The van der Waals surface area contributed by atoms with Crippen molar-refractivity contribution in [1.82, 2.24) is 10.6 Å². The minimum absolute atomic E-state index is 0.196. The predicted octanol–water partition coefficient (Wildman–Crippen LogP) is 6.02. The Morgan fingerprint density at radius 3 is 2.28 bits per heavy atom. The Hall–Kier alpha value is -1.57. The summed E-state index contributed by atoms with van der Waals surface area (Å²) < 4.78 is -0.908. The molecule has 0 heterocycles. The van der Waals surface area contributed by atoms with Gasteiger partial charge in [0.2, 0.25) is 3.79 Å². The van der Waals surface area contributed by atoms with E-state index in [4.69, 9.17) is 47.0 Å². The van der Waals surface area contributed by atoms with Crippen LogP contribution in [0, 0.1) is 0 Å². The highest BCUT2D eigenvalue weighted by Gasteiger charge is 2.35. The highest BCUT2D eigenvalue weighted by Crippen LogP contribution is 2.30. The van der Waals surface area contributed by atoms with Gasteiger partial charge in [-0.1, -0.05) is 87.1 Å². The van der Waals surface area contributed by atoms with E-state index in [1.807, 2.05) is 54.6 Å². The molecule has 0 fully saturated rings. The van der Waals surface area contributed by atoms with Crippen LogP contribution < -0.4 is 16.0 Å². The Bertz CT molecular complexity index is 1040. The van der Waals surface area contributed by atoms with Crippen molar-refractivity contribution in [1.29, 1.82) is 0 Å². The van der Waals surface area contributed by atoms with Crippen LogP contribution in [0.15, 0.2) is 71.2 Å². The SMILES string of the molecule is O=C(N[C@@H](NC(=S)Nc1ccc(Br)cc1)C(Cl)(Cl)Cl)c1cccc2ccccc12. The number of nitrogens with one attached hydrogen (secondary N) is 3. The number of rotatable bonds is 4. The van der Waals surface area contributed by atoms with E-state index >= 15 is 0 Å². The summed E-state index contributed by atoms with van der Waals surface area (Å²) in [4.78, 5) is 12.9. The molecule has 0 saturated heterocycles. The van der Waals surface area contributed by atoms with Gasteiger partial charge in [0, 0.05) is 15.7 Å². The van der Waals surface area contributed by atoms with Gasteiger partial charge < -0.3 is 16.0 Å². The quantitative estimate of drug-likeness (QED) is 0.219. The van der Waals surface area contributed by atoms with Crippen LogP contribution in [0.25, 0.3) is 10.8 Å². The lowest BCUT2D eigenvalue weighted by atomic mass is 10.0. The predicted molar refractivity (Wildman–Crippen MR) is 129 cm³/mol. The standard InChI is InChI=1S/C20H15BrCl3N3OS/c21-13-8-10-14(11-9-13)25-19(29)27-18(20(22,23)24)26-17(28)16-7-3-5-12-4-1-2-6-15(12)16/h1-11,18H,(H,26,28)(H2,25,27,29)/t18-/m0/s1. The maximum Gasteiger partial charge on any atom is 0.253 e. The second kappa shape index (κ2) is 9.49. The molecule has 3 rings (SSSR count). The number of halogens is 4. The fourth-order valence-electron chi connectivity index (χ4n) is 2.66. The average molecular weight is 532 g/mol. The van der Waals surface area contributed by atoms with Crippen LogP contribution in [-0.2, 0) is 0 Å². The minimum Gasteiger partial charge on any atom is -0.339 e. The van der Waals surface area contributed by atoms with Crippen molar-refractivity contribution in [2.45, 2.75) is 9.96 Å². The molecule has 0 aliphatic rings. The summed E-state index contributed by atoms with van der Waals surface area (Å²) in [6.45, 7) is 0. The molecular weight excluding hydrogens is 517 g/mol. The van der Waals surface area contributed by atoms with Crippen LogP contribution in [0.4, 0.5) is 5.69 Å². The number of benzene rings is 3. The van der Waals surface area contributed by atoms with Crippen molar-refractivity contribution in [2.75, 3.05) is 5.32 Å². The van der Waals surface area contributed by atoms with Crippen molar-refractivity contribution in [3.05, 3.63) is 76.8 Å². The van der Waals surface area contributed by atoms with Crippen LogP contribution in [0.3, 0.4) is 0 Å². The summed E-state index contributed by atoms with van der Waals surface area (Å²) in [6.07, 6.45) is -1.06. The topological polar surface area (TPSA) is 53.2 Å². The number of hydrogen-bond donors (Lipinski definition) is 3. The molecule has 4 nitrogen and oxygen atoms in total. The van der Waals surface area contributed by atoms with E-state index in [0.29, 0.717) is 5.56 Å². The molecular formula is C20H15BrCl3N3OS. The summed E-state index contributed by atoms with van der Waals surface area (Å²) in [5.41, 5.74) is 1.21. The molecule has 3 aromatic carbocycles. The van der Waals surface area contributed by atoms with Crippen LogP contribution in [0.5, 0.6) is 0 Å². The van der Waals surface area contributed by atoms with Gasteiger partial charge in [0.15, 0.2) is 5.11 Å². The second-order valence-electron chi connectivity index (χ2n) is 6.08. The summed E-state index contributed by atoms with van der Waals surface area (Å²) in [5, 5.41) is 10.5. The van der Waals surface area contributed by atoms with E-state index < -0.39 is 15.9 Å². The molecule has 0 aromatic heterocycles. The fourth-order valence-corrected chi connectivity index (χ4v) is 3.49. The monoisotopic (exact) mass is 529 g/mol. The van der Waals surface area contributed by atoms with Gasteiger partial charge in [-0.15, -0.1) is 0 Å². The number of thiocarbonyl (C=S) groups is 1. The molecule has 1 amide bonds. The smallest absolute Gasteiger partial charge is 0.253 e. The van der Waals surface area contributed by atoms with Crippen molar-refractivity contribution >= 4 is 90.4 Å². The molecule has 3 N–H and O–H groups in total. The zero-order valence-corrected chi connectivity index (χ0v) is 19.4. The summed E-state index contributed by atoms with van der Waals surface area (Å²) in [6, 6.07) is 20.4. The maximum atomic E-state index is 12.9. The van der Waals surface area contributed by atoms with Gasteiger partial charge in [-0.2, -0.15) is 0 Å². The van der Waals surface area contributed by atoms with Gasteiger partial charge in [-0.05, 0) is 53.3 Å². The van der Waals surface area contributed by atoms with Crippen LogP contribution in [0.2, 0.25) is 0 Å². The second-order valence-corrected chi connectivity index (χ2v) is 9.77.